The molecule has 5 heteroatoms. The lowest BCUT2D eigenvalue weighted by Crippen LogP contribution is -2.41. The van der Waals surface area contributed by atoms with Crippen LogP contribution >= 0.6 is 22.6 Å². The number of aromatic nitrogens is 2. The molecule has 2 aromatic rings. The molecule has 0 spiro atoms. The number of cyclic esters (lactones) is 1. The van der Waals surface area contributed by atoms with Crippen LogP contribution in [0, 0.1) is 0 Å². The summed E-state index contributed by atoms with van der Waals surface area (Å²) in [5.41, 5.74) is 2.14. The lowest BCUT2D eigenvalue weighted by Gasteiger charge is -2.31. The van der Waals surface area contributed by atoms with Crippen LogP contribution < -0.4 is 0 Å². The van der Waals surface area contributed by atoms with Crippen molar-refractivity contribution in [1.82, 2.24) is 9.55 Å². The summed E-state index contributed by atoms with van der Waals surface area (Å²) in [6, 6.07) is 10.0. The number of carbonyl (C=O) groups is 1. The smallest absolute Gasteiger partial charge is 0.357 e. The minimum Gasteiger partial charge on any atom is -0.453 e. The average Bonchev–Trinajstić information content (AvgIpc) is 2.83. The van der Waals surface area contributed by atoms with E-state index in [1.807, 2.05) is 41.8 Å². The second kappa shape index (κ2) is 5.20. The highest BCUT2D eigenvalue weighted by atomic mass is 127. The normalized spacial score (nSPS) is 21.4. The van der Waals surface area contributed by atoms with E-state index in [1.165, 1.54) is 0 Å². The van der Waals surface area contributed by atoms with Crippen LogP contribution in [0.5, 0.6) is 0 Å². The Kier molecular flexibility index (Phi) is 3.54. The predicted octanol–water partition coefficient (Wildman–Crippen LogP) is 2.84. The summed E-state index contributed by atoms with van der Waals surface area (Å²) in [4.78, 5) is 16.7. The molecule has 0 saturated carbocycles. The molecule has 1 aliphatic heterocycles. The Morgan fingerprint density at radius 3 is 2.85 bits per heavy atom. The molecule has 1 atom stereocenters. The first kappa shape index (κ1) is 13.6. The first-order valence-electron chi connectivity index (χ1n) is 6.48. The van der Waals surface area contributed by atoms with Crippen LogP contribution in [-0.2, 0) is 17.7 Å². The first-order chi connectivity index (χ1) is 9.61. The van der Waals surface area contributed by atoms with E-state index in [-0.39, 0.29) is 5.97 Å². The number of carbonyl (C=O) groups excluding carboxylic acids is 1. The number of fused-ring (bicyclic) bond motifs is 1. The molecule has 0 aliphatic carbocycles. The fraction of sp³-hybridized carbons (Fsp3) is 0.333. The molecule has 0 saturated heterocycles. The Hall–Kier alpha value is -1.37. The third-order valence-electron chi connectivity index (χ3n) is 3.47. The minimum atomic E-state index is -0.434. The minimum absolute atomic E-state index is 0.265. The summed E-state index contributed by atoms with van der Waals surface area (Å²) in [6.07, 6.45) is 2.41. The van der Waals surface area contributed by atoms with E-state index >= 15 is 0 Å². The van der Waals surface area contributed by atoms with Crippen molar-refractivity contribution in [2.45, 2.75) is 25.5 Å². The summed E-state index contributed by atoms with van der Waals surface area (Å²) >= 11 is 2.25. The molecule has 0 radical (unpaired) electrons. The number of alkyl halides is 1. The molecule has 0 amide bonds. The van der Waals surface area contributed by atoms with Gasteiger partial charge >= 0.3 is 5.97 Å². The monoisotopic (exact) mass is 382 g/mol. The van der Waals surface area contributed by atoms with Crippen molar-refractivity contribution in [3.05, 3.63) is 53.6 Å². The molecule has 3 rings (SSSR count). The lowest BCUT2D eigenvalue weighted by molar-refractivity contribution is -0.00485. The van der Waals surface area contributed by atoms with Crippen molar-refractivity contribution in [2.24, 2.45) is 0 Å². The van der Waals surface area contributed by atoms with Crippen molar-refractivity contribution in [3.8, 4) is 0 Å². The van der Waals surface area contributed by atoms with E-state index in [2.05, 4.69) is 27.6 Å². The summed E-state index contributed by atoms with van der Waals surface area (Å²) in [6.45, 7) is 2.59. The zero-order valence-electron chi connectivity index (χ0n) is 11.2. The molecule has 0 bridgehead atoms. The van der Waals surface area contributed by atoms with Gasteiger partial charge in [-0.3, -0.25) is 0 Å². The maximum Gasteiger partial charge on any atom is 0.357 e. The standard InChI is InChI=1S/C15H15IN2O2/c1-15(9-16)7-12-13(14(19)20-15)18(10-17-12)8-11-5-3-2-4-6-11/h2-6,10H,7-9H2,1H3. The highest BCUT2D eigenvalue weighted by molar-refractivity contribution is 14.1. The highest BCUT2D eigenvalue weighted by Crippen LogP contribution is 2.29. The van der Waals surface area contributed by atoms with Gasteiger partial charge in [-0.05, 0) is 12.5 Å². The number of benzene rings is 1. The van der Waals surface area contributed by atoms with Crippen LogP contribution in [-0.4, -0.2) is 25.5 Å². The number of halogens is 1. The van der Waals surface area contributed by atoms with Gasteiger partial charge in [-0.25, -0.2) is 9.78 Å². The highest BCUT2D eigenvalue weighted by Gasteiger charge is 2.38. The molecule has 1 aromatic carbocycles. The Morgan fingerprint density at radius 1 is 1.40 bits per heavy atom. The van der Waals surface area contributed by atoms with Crippen molar-refractivity contribution >= 4 is 28.6 Å². The fourth-order valence-corrected chi connectivity index (χ4v) is 2.85. The second-order valence-electron chi connectivity index (χ2n) is 5.30. The summed E-state index contributed by atoms with van der Waals surface area (Å²) in [5, 5.41) is 0. The Morgan fingerprint density at radius 2 is 2.15 bits per heavy atom. The van der Waals surface area contributed by atoms with E-state index in [0.29, 0.717) is 18.7 Å². The number of hydrogen-bond acceptors (Lipinski definition) is 3. The molecule has 4 nitrogen and oxygen atoms in total. The van der Waals surface area contributed by atoms with Gasteiger partial charge in [0.15, 0.2) is 5.69 Å². The topological polar surface area (TPSA) is 44.1 Å². The lowest BCUT2D eigenvalue weighted by atomic mass is 9.98. The van der Waals surface area contributed by atoms with E-state index in [4.69, 9.17) is 4.74 Å². The summed E-state index contributed by atoms with van der Waals surface area (Å²) in [5.74, 6) is -0.265. The largest absolute Gasteiger partial charge is 0.453 e. The van der Waals surface area contributed by atoms with Crippen LogP contribution in [0.15, 0.2) is 36.7 Å². The molecule has 0 fully saturated rings. The van der Waals surface area contributed by atoms with Gasteiger partial charge in [0.2, 0.25) is 0 Å². The number of nitrogens with zero attached hydrogens (tertiary/aromatic N) is 2. The van der Waals surface area contributed by atoms with Crippen LogP contribution in [0.3, 0.4) is 0 Å². The third-order valence-corrected chi connectivity index (χ3v) is 5.08. The summed E-state index contributed by atoms with van der Waals surface area (Å²) < 4.78 is 8.22. The number of hydrogen-bond donors (Lipinski definition) is 0. The molecule has 0 N–H and O–H groups in total. The van der Waals surface area contributed by atoms with Gasteiger partial charge in [0, 0.05) is 17.4 Å². The van der Waals surface area contributed by atoms with Crippen LogP contribution in [0.2, 0.25) is 0 Å². The van der Waals surface area contributed by atoms with Crippen molar-refractivity contribution in [1.29, 1.82) is 0 Å². The Balaban J connectivity index is 1.92. The van der Waals surface area contributed by atoms with Crippen LogP contribution in [0.25, 0.3) is 0 Å². The maximum atomic E-state index is 12.2. The predicted molar refractivity (Wildman–Crippen MR) is 84.2 cm³/mol. The van der Waals surface area contributed by atoms with Gasteiger partial charge in [0.1, 0.15) is 5.60 Å². The van der Waals surface area contributed by atoms with Crippen molar-refractivity contribution in [2.75, 3.05) is 4.43 Å². The zero-order chi connectivity index (χ0) is 14.2. The van der Waals surface area contributed by atoms with Gasteiger partial charge < -0.3 is 9.30 Å². The maximum absolute atomic E-state index is 12.2. The molecule has 104 valence electrons. The van der Waals surface area contributed by atoms with Gasteiger partial charge in [0.05, 0.1) is 12.0 Å². The molecule has 1 unspecified atom stereocenters. The molecule has 20 heavy (non-hydrogen) atoms. The van der Waals surface area contributed by atoms with Crippen molar-refractivity contribution < 1.29 is 9.53 Å². The zero-order valence-corrected chi connectivity index (χ0v) is 13.3. The number of rotatable bonds is 3. The number of esters is 1. The molecule has 2 heterocycles. The van der Waals surface area contributed by atoms with Crippen molar-refractivity contribution in [3.63, 3.8) is 0 Å². The molecular formula is C15H15IN2O2. The van der Waals surface area contributed by atoms with Gasteiger partial charge in [-0.1, -0.05) is 52.9 Å². The molecule has 1 aliphatic rings. The fourth-order valence-electron chi connectivity index (χ4n) is 2.43. The molecule has 1 aromatic heterocycles. The van der Waals surface area contributed by atoms with Gasteiger partial charge in [-0.15, -0.1) is 0 Å². The Labute approximate surface area is 131 Å². The quantitative estimate of drug-likeness (QED) is 0.466. The van der Waals surface area contributed by atoms with E-state index in [9.17, 15) is 4.79 Å². The third kappa shape index (κ3) is 2.46. The first-order valence-corrected chi connectivity index (χ1v) is 8.01. The number of ether oxygens (including phenoxy) is 1. The summed E-state index contributed by atoms with van der Waals surface area (Å²) in [7, 11) is 0. The average molecular weight is 382 g/mol. The SMILES string of the molecule is CC1(CI)Cc2ncn(Cc3ccccc3)c2C(=O)O1. The van der Waals surface area contributed by atoms with E-state index in [1.54, 1.807) is 6.33 Å². The van der Waals surface area contributed by atoms with Crippen LogP contribution in [0.4, 0.5) is 0 Å². The second-order valence-corrected chi connectivity index (χ2v) is 6.07. The van der Waals surface area contributed by atoms with Crippen LogP contribution in [0.1, 0.15) is 28.7 Å². The van der Waals surface area contributed by atoms with Gasteiger partial charge in [-0.2, -0.15) is 0 Å². The Bertz CT molecular complexity index is 639. The van der Waals surface area contributed by atoms with Gasteiger partial charge in [0.25, 0.3) is 0 Å². The molecular weight excluding hydrogens is 367 g/mol. The van der Waals surface area contributed by atoms with E-state index in [0.717, 1.165) is 15.7 Å². The van der Waals surface area contributed by atoms with E-state index < -0.39 is 5.60 Å². The number of imidazole rings is 1.